The summed E-state index contributed by atoms with van der Waals surface area (Å²) in [5, 5.41) is 2.78. The fourth-order valence-corrected chi connectivity index (χ4v) is 2.78. The Hall–Kier alpha value is -3.40. The third-order valence-corrected chi connectivity index (χ3v) is 4.28. The second-order valence-electron chi connectivity index (χ2n) is 6.40. The molecule has 0 saturated carbocycles. The van der Waals surface area contributed by atoms with Crippen LogP contribution in [0.1, 0.15) is 5.56 Å². The molecule has 0 aliphatic rings. The van der Waals surface area contributed by atoms with Gasteiger partial charge in [-0.3, -0.25) is 9.59 Å². The maximum Gasteiger partial charge on any atom is 0.243 e. The van der Waals surface area contributed by atoms with Gasteiger partial charge < -0.3 is 10.2 Å². The van der Waals surface area contributed by atoms with Crippen LogP contribution in [-0.2, 0) is 16.0 Å². The molecule has 0 heterocycles. The molecule has 3 aromatic carbocycles. The number of nitrogens with one attached hydrogen (secondary N) is 1. The van der Waals surface area contributed by atoms with Crippen molar-refractivity contribution < 1.29 is 9.59 Å². The first-order chi connectivity index (χ1) is 13.1. The lowest BCUT2D eigenvalue weighted by molar-refractivity contribution is -0.132. The quantitative estimate of drug-likeness (QED) is 0.724. The molecule has 3 rings (SSSR count). The van der Waals surface area contributed by atoms with E-state index in [1.807, 2.05) is 72.8 Å². The van der Waals surface area contributed by atoms with Gasteiger partial charge in [0.2, 0.25) is 11.8 Å². The summed E-state index contributed by atoms with van der Waals surface area (Å²) in [5.41, 5.74) is 3.90. The van der Waals surface area contributed by atoms with Crippen LogP contribution in [-0.4, -0.2) is 30.3 Å². The van der Waals surface area contributed by atoms with E-state index in [0.717, 1.165) is 22.4 Å². The summed E-state index contributed by atoms with van der Waals surface area (Å²) in [6.45, 7) is 0.0236. The first-order valence-corrected chi connectivity index (χ1v) is 8.85. The largest absolute Gasteiger partial charge is 0.336 e. The maximum atomic E-state index is 12.4. The minimum Gasteiger partial charge on any atom is -0.336 e. The average molecular weight is 358 g/mol. The first-order valence-electron chi connectivity index (χ1n) is 8.85. The van der Waals surface area contributed by atoms with Crippen LogP contribution in [0.25, 0.3) is 11.1 Å². The topological polar surface area (TPSA) is 49.4 Å². The van der Waals surface area contributed by atoms with E-state index >= 15 is 0 Å². The molecule has 2 amide bonds. The van der Waals surface area contributed by atoms with Crippen LogP contribution >= 0.6 is 0 Å². The zero-order valence-corrected chi connectivity index (χ0v) is 15.3. The van der Waals surface area contributed by atoms with Gasteiger partial charge in [-0.1, -0.05) is 72.8 Å². The molecule has 3 aromatic rings. The van der Waals surface area contributed by atoms with Crippen LogP contribution in [0.15, 0.2) is 84.9 Å². The molecule has 0 unspecified atom stereocenters. The van der Waals surface area contributed by atoms with Gasteiger partial charge in [0.1, 0.15) is 0 Å². The van der Waals surface area contributed by atoms with Crippen LogP contribution in [0, 0.1) is 0 Å². The zero-order chi connectivity index (χ0) is 19.1. The summed E-state index contributed by atoms with van der Waals surface area (Å²) in [7, 11) is 1.64. The van der Waals surface area contributed by atoms with Crippen molar-refractivity contribution in [1.82, 2.24) is 4.90 Å². The van der Waals surface area contributed by atoms with E-state index in [1.165, 1.54) is 4.90 Å². The number of anilines is 1. The Morgan fingerprint density at radius 2 is 1.33 bits per heavy atom. The van der Waals surface area contributed by atoms with Crippen molar-refractivity contribution in [2.75, 3.05) is 18.9 Å². The summed E-state index contributed by atoms with van der Waals surface area (Å²) >= 11 is 0. The summed E-state index contributed by atoms with van der Waals surface area (Å²) in [6, 6.07) is 27.3. The van der Waals surface area contributed by atoms with Crippen molar-refractivity contribution >= 4 is 17.5 Å². The van der Waals surface area contributed by atoms with Crippen molar-refractivity contribution in [3.05, 3.63) is 90.5 Å². The highest BCUT2D eigenvalue weighted by molar-refractivity contribution is 5.94. The third kappa shape index (κ3) is 5.28. The summed E-state index contributed by atoms with van der Waals surface area (Å²) in [6.07, 6.45) is 0.268. The lowest BCUT2D eigenvalue weighted by atomic mass is 10.0. The molecule has 27 heavy (non-hydrogen) atoms. The molecule has 0 aliphatic carbocycles. The first kappa shape index (κ1) is 18.4. The fraction of sp³-hybridized carbons (Fsp3) is 0.130. The minimum atomic E-state index is -0.212. The lowest BCUT2D eigenvalue weighted by Crippen LogP contribution is -2.35. The van der Waals surface area contributed by atoms with Crippen LogP contribution in [0.3, 0.4) is 0 Å². The number of hydrogen-bond donors (Lipinski definition) is 1. The van der Waals surface area contributed by atoms with E-state index in [4.69, 9.17) is 0 Å². The Kier molecular flexibility index (Phi) is 6.00. The molecule has 0 radical (unpaired) electrons. The predicted molar refractivity (Wildman–Crippen MR) is 108 cm³/mol. The predicted octanol–water partition coefficient (Wildman–Crippen LogP) is 3.99. The summed E-state index contributed by atoms with van der Waals surface area (Å²) in [4.78, 5) is 25.9. The molecule has 0 aromatic heterocycles. The van der Waals surface area contributed by atoms with Crippen molar-refractivity contribution in [1.29, 1.82) is 0 Å². The monoisotopic (exact) mass is 358 g/mol. The summed E-state index contributed by atoms with van der Waals surface area (Å²) in [5.74, 6) is -0.304. The second kappa shape index (κ2) is 8.81. The summed E-state index contributed by atoms with van der Waals surface area (Å²) < 4.78 is 0. The van der Waals surface area contributed by atoms with Crippen LogP contribution in [0.5, 0.6) is 0 Å². The number of amides is 2. The second-order valence-corrected chi connectivity index (χ2v) is 6.40. The Bertz CT molecular complexity index is 891. The molecule has 0 bridgehead atoms. The number of hydrogen-bond acceptors (Lipinski definition) is 2. The van der Waals surface area contributed by atoms with E-state index in [2.05, 4.69) is 17.4 Å². The molecule has 136 valence electrons. The molecule has 0 fully saturated rings. The van der Waals surface area contributed by atoms with Crippen LogP contribution < -0.4 is 5.32 Å². The van der Waals surface area contributed by atoms with Gasteiger partial charge in [0.15, 0.2) is 0 Å². The van der Waals surface area contributed by atoms with Gasteiger partial charge in [0.25, 0.3) is 0 Å². The number of benzene rings is 3. The van der Waals surface area contributed by atoms with Gasteiger partial charge in [-0.2, -0.15) is 0 Å². The number of para-hydroxylation sites is 1. The lowest BCUT2D eigenvalue weighted by Gasteiger charge is -2.17. The molecule has 0 saturated heterocycles. The van der Waals surface area contributed by atoms with Gasteiger partial charge in [-0.05, 0) is 28.8 Å². The molecule has 0 aliphatic heterocycles. The average Bonchev–Trinajstić information content (AvgIpc) is 2.70. The van der Waals surface area contributed by atoms with Crippen molar-refractivity contribution in [3.8, 4) is 11.1 Å². The number of nitrogens with zero attached hydrogens (tertiary/aromatic N) is 1. The molecule has 4 nitrogen and oxygen atoms in total. The standard InChI is InChI=1S/C23H22N2O2/c1-25(17-22(26)24-21-10-6-3-7-11-21)23(27)16-18-12-14-20(15-13-18)19-8-4-2-5-9-19/h2-15H,16-17H2,1H3,(H,24,26). The normalized spacial score (nSPS) is 10.3. The number of rotatable bonds is 6. The van der Waals surface area contributed by atoms with Gasteiger partial charge in [0, 0.05) is 12.7 Å². The van der Waals surface area contributed by atoms with Gasteiger partial charge in [-0.25, -0.2) is 0 Å². The van der Waals surface area contributed by atoms with E-state index in [9.17, 15) is 9.59 Å². The highest BCUT2D eigenvalue weighted by Gasteiger charge is 2.13. The Morgan fingerprint density at radius 3 is 1.96 bits per heavy atom. The van der Waals surface area contributed by atoms with E-state index in [1.54, 1.807) is 7.05 Å². The Morgan fingerprint density at radius 1 is 0.778 bits per heavy atom. The SMILES string of the molecule is CN(CC(=O)Nc1ccccc1)C(=O)Cc1ccc(-c2ccccc2)cc1. The number of carbonyl (C=O) groups excluding carboxylic acids is 2. The minimum absolute atomic E-state index is 0.0236. The Balaban J connectivity index is 1.54. The van der Waals surface area contributed by atoms with Gasteiger partial charge in [-0.15, -0.1) is 0 Å². The highest BCUT2D eigenvalue weighted by Crippen LogP contribution is 2.19. The molecule has 0 atom stereocenters. The highest BCUT2D eigenvalue weighted by atomic mass is 16.2. The number of likely N-dealkylation sites (N-methyl/N-ethyl adjacent to an activating group) is 1. The fourth-order valence-electron chi connectivity index (χ4n) is 2.78. The van der Waals surface area contributed by atoms with Crippen LogP contribution in [0.4, 0.5) is 5.69 Å². The molecular weight excluding hydrogens is 336 g/mol. The third-order valence-electron chi connectivity index (χ3n) is 4.28. The van der Waals surface area contributed by atoms with Crippen LogP contribution in [0.2, 0.25) is 0 Å². The van der Waals surface area contributed by atoms with E-state index < -0.39 is 0 Å². The molecule has 1 N–H and O–H groups in total. The molecular formula is C23H22N2O2. The van der Waals surface area contributed by atoms with E-state index in [0.29, 0.717) is 0 Å². The van der Waals surface area contributed by atoms with Crippen molar-refractivity contribution in [2.24, 2.45) is 0 Å². The number of carbonyl (C=O) groups is 2. The zero-order valence-electron chi connectivity index (χ0n) is 15.3. The molecule has 4 heteroatoms. The molecule has 0 spiro atoms. The van der Waals surface area contributed by atoms with Gasteiger partial charge >= 0.3 is 0 Å². The van der Waals surface area contributed by atoms with Crippen molar-refractivity contribution in [2.45, 2.75) is 6.42 Å². The van der Waals surface area contributed by atoms with Gasteiger partial charge in [0.05, 0.1) is 13.0 Å². The van der Waals surface area contributed by atoms with Crippen molar-refractivity contribution in [3.63, 3.8) is 0 Å². The maximum absolute atomic E-state index is 12.4. The van der Waals surface area contributed by atoms with E-state index in [-0.39, 0.29) is 24.8 Å². The Labute approximate surface area is 159 Å². The smallest absolute Gasteiger partial charge is 0.243 e.